The Bertz CT molecular complexity index is 238. The highest BCUT2D eigenvalue weighted by Gasteiger charge is 2.15. The SMILES string of the molecule is NC(=O)OC1CCCCC1.c1cnoc1. The maximum Gasteiger partial charge on any atom is 0.404 e. The van der Waals surface area contributed by atoms with Gasteiger partial charge < -0.3 is 15.0 Å². The number of nitrogens with two attached hydrogens (primary N) is 1. The first kappa shape index (κ1) is 11.6. The molecular weight excluding hydrogens is 196 g/mol. The maximum atomic E-state index is 10.3. The van der Waals surface area contributed by atoms with Crippen LogP contribution in [-0.2, 0) is 4.74 Å². The second-order valence-corrected chi connectivity index (χ2v) is 3.39. The van der Waals surface area contributed by atoms with Crippen LogP contribution >= 0.6 is 0 Å². The van der Waals surface area contributed by atoms with Gasteiger partial charge in [-0.2, -0.15) is 0 Å². The number of hydrogen-bond donors (Lipinski definition) is 1. The molecule has 1 aromatic rings. The van der Waals surface area contributed by atoms with Gasteiger partial charge in [0, 0.05) is 0 Å². The van der Waals surface area contributed by atoms with E-state index in [9.17, 15) is 4.79 Å². The first-order valence-electron chi connectivity index (χ1n) is 5.09. The third-order valence-corrected chi connectivity index (χ3v) is 2.18. The molecule has 0 unspecified atom stereocenters. The summed E-state index contributed by atoms with van der Waals surface area (Å²) in [5.41, 5.74) is 4.86. The highest BCUT2D eigenvalue weighted by molar-refractivity contribution is 5.64. The van der Waals surface area contributed by atoms with Crippen molar-refractivity contribution in [1.29, 1.82) is 0 Å². The second-order valence-electron chi connectivity index (χ2n) is 3.39. The summed E-state index contributed by atoms with van der Waals surface area (Å²) in [4.78, 5) is 10.3. The molecule has 1 amide bonds. The van der Waals surface area contributed by atoms with Crippen LogP contribution in [0, 0.1) is 0 Å². The van der Waals surface area contributed by atoms with E-state index in [1.807, 2.05) is 0 Å². The molecule has 0 aromatic carbocycles. The van der Waals surface area contributed by atoms with Gasteiger partial charge in [0.05, 0.1) is 6.20 Å². The van der Waals surface area contributed by atoms with Gasteiger partial charge in [0.2, 0.25) is 0 Å². The molecule has 84 valence electrons. The van der Waals surface area contributed by atoms with E-state index in [1.54, 1.807) is 12.3 Å². The minimum absolute atomic E-state index is 0.103. The van der Waals surface area contributed by atoms with Crippen LogP contribution in [0.1, 0.15) is 32.1 Å². The number of amides is 1. The summed E-state index contributed by atoms with van der Waals surface area (Å²) in [7, 11) is 0. The van der Waals surface area contributed by atoms with Gasteiger partial charge in [0.15, 0.2) is 0 Å². The summed E-state index contributed by atoms with van der Waals surface area (Å²) in [6.07, 6.45) is 8.14. The molecule has 0 radical (unpaired) electrons. The smallest absolute Gasteiger partial charge is 0.404 e. The van der Waals surface area contributed by atoms with Gasteiger partial charge in [-0.05, 0) is 31.7 Å². The van der Waals surface area contributed by atoms with E-state index in [2.05, 4.69) is 9.68 Å². The molecule has 1 heterocycles. The highest BCUT2D eigenvalue weighted by atomic mass is 16.6. The Labute approximate surface area is 88.6 Å². The van der Waals surface area contributed by atoms with Crippen molar-refractivity contribution in [3.8, 4) is 0 Å². The van der Waals surface area contributed by atoms with Crippen LogP contribution in [0.25, 0.3) is 0 Å². The fourth-order valence-electron chi connectivity index (χ4n) is 1.52. The zero-order valence-corrected chi connectivity index (χ0v) is 8.59. The molecule has 1 fully saturated rings. The summed E-state index contributed by atoms with van der Waals surface area (Å²) in [5.74, 6) is 0. The first-order valence-corrected chi connectivity index (χ1v) is 5.09. The van der Waals surface area contributed by atoms with E-state index in [1.165, 1.54) is 12.7 Å². The first-order chi connectivity index (χ1) is 7.29. The molecule has 5 nitrogen and oxygen atoms in total. The fraction of sp³-hybridized carbons (Fsp3) is 0.600. The maximum absolute atomic E-state index is 10.3. The van der Waals surface area contributed by atoms with Crippen molar-refractivity contribution in [3.05, 3.63) is 18.5 Å². The molecule has 1 aliphatic carbocycles. The van der Waals surface area contributed by atoms with Crippen LogP contribution in [0.4, 0.5) is 4.79 Å². The number of primary amides is 1. The monoisotopic (exact) mass is 212 g/mol. The van der Waals surface area contributed by atoms with Gasteiger partial charge in [-0.3, -0.25) is 0 Å². The molecule has 2 rings (SSSR count). The summed E-state index contributed by atoms with van der Waals surface area (Å²) in [6.45, 7) is 0. The lowest BCUT2D eigenvalue weighted by Crippen LogP contribution is -2.24. The van der Waals surface area contributed by atoms with Crippen molar-refractivity contribution >= 4 is 6.09 Å². The van der Waals surface area contributed by atoms with E-state index >= 15 is 0 Å². The van der Waals surface area contributed by atoms with Gasteiger partial charge in [0.1, 0.15) is 12.4 Å². The summed E-state index contributed by atoms with van der Waals surface area (Å²) >= 11 is 0. The molecule has 0 bridgehead atoms. The van der Waals surface area contributed by atoms with E-state index in [4.69, 9.17) is 10.5 Å². The quantitative estimate of drug-likeness (QED) is 0.773. The molecule has 0 atom stereocenters. The zero-order chi connectivity index (χ0) is 10.9. The molecule has 0 spiro atoms. The fourth-order valence-corrected chi connectivity index (χ4v) is 1.52. The van der Waals surface area contributed by atoms with E-state index in [0.29, 0.717) is 0 Å². The van der Waals surface area contributed by atoms with Crippen molar-refractivity contribution in [2.24, 2.45) is 5.73 Å². The standard InChI is InChI=1S/C7H13NO2.C3H3NO/c8-7(9)10-6-4-2-1-3-5-6;1-2-4-5-3-1/h6H,1-5H2,(H2,8,9);1-3H. The topological polar surface area (TPSA) is 78.4 Å². The van der Waals surface area contributed by atoms with Crippen LogP contribution in [0.2, 0.25) is 0 Å². The number of carbonyl (C=O) groups excluding carboxylic acids is 1. The summed E-state index contributed by atoms with van der Waals surface area (Å²) < 4.78 is 9.16. The minimum atomic E-state index is -0.632. The highest BCUT2D eigenvalue weighted by Crippen LogP contribution is 2.19. The predicted molar refractivity (Wildman–Crippen MR) is 54.0 cm³/mol. The Morgan fingerprint density at radius 2 is 2.13 bits per heavy atom. The molecule has 1 aliphatic rings. The summed E-state index contributed by atoms with van der Waals surface area (Å²) in [6, 6.07) is 1.72. The number of rotatable bonds is 1. The Hall–Kier alpha value is -1.52. The number of hydrogen-bond acceptors (Lipinski definition) is 4. The van der Waals surface area contributed by atoms with Crippen molar-refractivity contribution in [2.45, 2.75) is 38.2 Å². The van der Waals surface area contributed by atoms with Crippen molar-refractivity contribution in [2.75, 3.05) is 0 Å². The van der Waals surface area contributed by atoms with Crippen LogP contribution in [0.15, 0.2) is 23.0 Å². The van der Waals surface area contributed by atoms with Gasteiger partial charge in [-0.25, -0.2) is 4.79 Å². The number of aromatic nitrogens is 1. The lowest BCUT2D eigenvalue weighted by Gasteiger charge is -2.20. The normalized spacial score (nSPS) is 16.3. The average Bonchev–Trinajstić information content (AvgIpc) is 2.76. The Balaban J connectivity index is 0.000000187. The lowest BCUT2D eigenvalue weighted by molar-refractivity contribution is 0.0829. The van der Waals surface area contributed by atoms with Crippen LogP contribution in [0.5, 0.6) is 0 Å². The number of ether oxygens (including phenoxy) is 1. The van der Waals surface area contributed by atoms with Gasteiger partial charge in [0.25, 0.3) is 0 Å². The van der Waals surface area contributed by atoms with E-state index in [-0.39, 0.29) is 6.10 Å². The minimum Gasteiger partial charge on any atom is -0.446 e. The van der Waals surface area contributed by atoms with E-state index < -0.39 is 6.09 Å². The predicted octanol–water partition coefficient (Wildman–Crippen LogP) is 2.09. The van der Waals surface area contributed by atoms with Gasteiger partial charge in [-0.1, -0.05) is 11.6 Å². The Morgan fingerprint density at radius 1 is 1.40 bits per heavy atom. The molecular formula is C10H16N2O3. The molecule has 1 aromatic heterocycles. The number of nitrogens with zero attached hydrogens (tertiary/aromatic N) is 1. The molecule has 0 aliphatic heterocycles. The van der Waals surface area contributed by atoms with Crippen LogP contribution in [-0.4, -0.2) is 17.4 Å². The average molecular weight is 212 g/mol. The third-order valence-electron chi connectivity index (χ3n) is 2.18. The van der Waals surface area contributed by atoms with Crippen LogP contribution in [0.3, 0.4) is 0 Å². The Morgan fingerprint density at radius 3 is 2.53 bits per heavy atom. The van der Waals surface area contributed by atoms with Crippen molar-refractivity contribution < 1.29 is 14.1 Å². The third kappa shape index (κ3) is 5.72. The number of carbonyl (C=O) groups is 1. The molecule has 1 saturated carbocycles. The molecule has 5 heteroatoms. The van der Waals surface area contributed by atoms with E-state index in [0.717, 1.165) is 25.7 Å². The summed E-state index contributed by atoms with van der Waals surface area (Å²) in [5, 5.41) is 3.35. The van der Waals surface area contributed by atoms with Crippen LogP contribution < -0.4 is 5.73 Å². The molecule has 0 saturated heterocycles. The lowest BCUT2D eigenvalue weighted by atomic mass is 9.98. The Kier molecular flexibility index (Phi) is 5.29. The molecule has 2 N–H and O–H groups in total. The second kappa shape index (κ2) is 6.86. The zero-order valence-electron chi connectivity index (χ0n) is 8.59. The van der Waals surface area contributed by atoms with Gasteiger partial charge >= 0.3 is 6.09 Å². The van der Waals surface area contributed by atoms with Gasteiger partial charge in [-0.15, -0.1) is 0 Å². The van der Waals surface area contributed by atoms with Crippen molar-refractivity contribution in [3.63, 3.8) is 0 Å². The van der Waals surface area contributed by atoms with Crippen molar-refractivity contribution in [1.82, 2.24) is 5.16 Å². The largest absolute Gasteiger partial charge is 0.446 e. The molecule has 15 heavy (non-hydrogen) atoms.